The third-order valence-corrected chi connectivity index (χ3v) is 17.4. The topological polar surface area (TPSA) is 42.7 Å². The van der Waals surface area contributed by atoms with Gasteiger partial charge in [0.15, 0.2) is 0 Å². The molecule has 0 amide bonds. The Labute approximate surface area is 422 Å². The first-order chi connectivity index (χ1) is 35.5. The molecule has 348 valence electrons. The van der Waals surface area contributed by atoms with Gasteiger partial charge >= 0.3 is 0 Å². The number of hydrogen-bond acceptors (Lipinski definition) is 4. The van der Waals surface area contributed by atoms with E-state index in [4.69, 9.17) is 13.3 Å². The molecule has 0 unspecified atom stereocenters. The van der Waals surface area contributed by atoms with Crippen LogP contribution in [-0.4, -0.2) is 0 Å². The van der Waals surface area contributed by atoms with E-state index in [1.165, 1.54) is 82.9 Å². The number of anilines is 3. The number of benzene rings is 10. The number of rotatable bonds is 4. The summed E-state index contributed by atoms with van der Waals surface area (Å²) in [4.78, 5) is 2.47. The summed E-state index contributed by atoms with van der Waals surface area (Å²) in [6.07, 6.45) is 0. The Bertz CT molecular complexity index is 4590. The Morgan fingerprint density at radius 3 is 1.52 bits per heavy atom. The molecule has 0 radical (unpaired) electrons. The summed E-state index contributed by atoms with van der Waals surface area (Å²) in [5, 5.41) is 6.90. The Kier molecular flexibility index (Phi) is 7.80. The van der Waals surface area contributed by atoms with E-state index in [2.05, 4.69) is 228 Å². The molecule has 3 heterocycles. The van der Waals surface area contributed by atoms with E-state index in [0.29, 0.717) is 0 Å². The second-order valence-corrected chi connectivity index (χ2v) is 22.3. The van der Waals surface area contributed by atoms with Crippen LogP contribution in [0.1, 0.15) is 74.9 Å². The second-order valence-electron chi connectivity index (χ2n) is 22.3. The van der Waals surface area contributed by atoms with Crippen molar-refractivity contribution in [1.82, 2.24) is 0 Å². The zero-order valence-corrected chi connectivity index (χ0v) is 41.6. The maximum atomic E-state index is 7.08. The van der Waals surface area contributed by atoms with Gasteiger partial charge in [-0.2, -0.15) is 0 Å². The molecule has 0 saturated heterocycles. The standard InChI is InChI=1S/C69H49NO3/c1-67(2)51-35-40(28-31-44(51)58-53(67)37-48(38-18-8-7-9-19-38)65-60(58)46-22-12-16-26-55(46)72-65)70(39-30-33-57-49(34-39)42-20-11-15-25-54(42)71-57)41-29-32-45-52(36-41)69(5,6)64-62(45)66-61(47-23-13-17-27-56(47)73-66)59-43-21-10-14-24-50(43)68(3,4)63(59)64/h7-37H,1-6H3. The molecule has 73 heavy (non-hydrogen) atoms. The van der Waals surface area contributed by atoms with Crippen LogP contribution in [0.3, 0.4) is 0 Å². The zero-order valence-electron chi connectivity index (χ0n) is 41.6. The molecular weight excluding hydrogens is 891 g/mol. The van der Waals surface area contributed by atoms with Gasteiger partial charge in [0.1, 0.15) is 33.5 Å². The van der Waals surface area contributed by atoms with Gasteiger partial charge in [-0.05, 0) is 133 Å². The fraction of sp³-hybridized carbons (Fsp3) is 0.130. The number of furan rings is 3. The predicted molar refractivity (Wildman–Crippen MR) is 301 cm³/mol. The van der Waals surface area contributed by atoms with E-state index in [-0.39, 0.29) is 16.2 Å². The minimum Gasteiger partial charge on any atom is -0.456 e. The molecule has 13 aromatic rings. The molecule has 4 nitrogen and oxygen atoms in total. The van der Waals surface area contributed by atoms with E-state index < -0.39 is 0 Å². The lowest BCUT2D eigenvalue weighted by Gasteiger charge is -2.32. The molecule has 3 aliphatic rings. The van der Waals surface area contributed by atoms with Gasteiger partial charge in [0.25, 0.3) is 0 Å². The van der Waals surface area contributed by atoms with Crippen molar-refractivity contribution in [3.63, 3.8) is 0 Å². The first-order valence-electron chi connectivity index (χ1n) is 25.7. The fourth-order valence-corrected chi connectivity index (χ4v) is 14.0. The summed E-state index contributed by atoms with van der Waals surface area (Å²) in [7, 11) is 0. The van der Waals surface area contributed by atoms with Crippen LogP contribution in [0, 0.1) is 0 Å². The normalized spacial score (nSPS) is 15.3. The van der Waals surface area contributed by atoms with Gasteiger partial charge < -0.3 is 18.2 Å². The largest absolute Gasteiger partial charge is 0.456 e. The summed E-state index contributed by atoms with van der Waals surface area (Å²) >= 11 is 0. The van der Waals surface area contributed by atoms with Crippen molar-refractivity contribution >= 4 is 82.9 Å². The lowest BCUT2D eigenvalue weighted by atomic mass is 9.72. The average molecular weight is 940 g/mol. The van der Waals surface area contributed by atoms with Crippen molar-refractivity contribution in [3.8, 4) is 44.5 Å². The van der Waals surface area contributed by atoms with Crippen molar-refractivity contribution in [2.45, 2.75) is 57.8 Å². The maximum Gasteiger partial charge on any atom is 0.144 e. The van der Waals surface area contributed by atoms with Gasteiger partial charge in [0.2, 0.25) is 0 Å². The van der Waals surface area contributed by atoms with Crippen LogP contribution in [0.5, 0.6) is 0 Å². The van der Waals surface area contributed by atoms with Gasteiger partial charge in [-0.15, -0.1) is 0 Å². The highest BCUT2D eigenvalue weighted by molar-refractivity contribution is 6.22. The number of hydrogen-bond donors (Lipinski definition) is 0. The summed E-state index contributed by atoms with van der Waals surface area (Å²) in [6.45, 7) is 14.5. The van der Waals surface area contributed by atoms with E-state index in [9.17, 15) is 0 Å². The van der Waals surface area contributed by atoms with Crippen LogP contribution in [0.4, 0.5) is 17.1 Å². The summed E-state index contributed by atoms with van der Waals surface area (Å²) < 4.78 is 20.4. The monoisotopic (exact) mass is 939 g/mol. The molecule has 0 spiro atoms. The summed E-state index contributed by atoms with van der Waals surface area (Å²) in [6, 6.07) is 68.7. The number of nitrogens with zero attached hydrogens (tertiary/aromatic N) is 1. The zero-order chi connectivity index (χ0) is 48.9. The molecule has 0 bridgehead atoms. The average Bonchev–Trinajstić information content (AvgIpc) is 4.23. The Morgan fingerprint density at radius 2 is 0.808 bits per heavy atom. The first-order valence-corrected chi connectivity index (χ1v) is 25.7. The molecule has 0 aliphatic heterocycles. The lowest BCUT2D eigenvalue weighted by Crippen LogP contribution is -2.24. The quantitative estimate of drug-likeness (QED) is 0.176. The second kappa shape index (κ2) is 13.9. The Hall–Kier alpha value is -8.60. The third kappa shape index (κ3) is 5.20. The minimum atomic E-state index is -0.371. The first kappa shape index (κ1) is 41.1. The highest BCUT2D eigenvalue weighted by Gasteiger charge is 2.49. The van der Waals surface area contributed by atoms with E-state index in [0.717, 1.165) is 77.8 Å². The van der Waals surface area contributed by atoms with Crippen LogP contribution in [-0.2, 0) is 16.2 Å². The predicted octanol–water partition coefficient (Wildman–Crippen LogP) is 19.4. The van der Waals surface area contributed by atoms with Crippen molar-refractivity contribution < 1.29 is 13.3 Å². The number of para-hydroxylation sites is 3. The molecule has 0 atom stereocenters. The van der Waals surface area contributed by atoms with E-state index in [1.807, 2.05) is 6.07 Å². The van der Waals surface area contributed by atoms with Crippen LogP contribution >= 0.6 is 0 Å². The molecule has 0 saturated carbocycles. The van der Waals surface area contributed by atoms with Gasteiger partial charge in [0, 0.05) is 76.8 Å². The molecule has 0 fully saturated rings. The smallest absolute Gasteiger partial charge is 0.144 e. The highest BCUT2D eigenvalue weighted by atomic mass is 16.3. The summed E-state index contributed by atoms with van der Waals surface area (Å²) in [5.74, 6) is 0. The van der Waals surface area contributed by atoms with Crippen molar-refractivity contribution in [2.24, 2.45) is 0 Å². The summed E-state index contributed by atoms with van der Waals surface area (Å²) in [5.41, 5.74) is 25.7. The van der Waals surface area contributed by atoms with Crippen LogP contribution < -0.4 is 4.90 Å². The van der Waals surface area contributed by atoms with Crippen LogP contribution in [0.15, 0.2) is 201 Å². The van der Waals surface area contributed by atoms with Crippen LogP contribution in [0.25, 0.3) is 110 Å². The Balaban J connectivity index is 0.938. The van der Waals surface area contributed by atoms with Crippen LogP contribution in [0.2, 0.25) is 0 Å². The van der Waals surface area contributed by atoms with Gasteiger partial charge in [-0.3, -0.25) is 0 Å². The van der Waals surface area contributed by atoms with Gasteiger partial charge in [0.05, 0.1) is 0 Å². The van der Waals surface area contributed by atoms with Crippen molar-refractivity contribution in [1.29, 1.82) is 0 Å². The molecular formula is C69H49NO3. The minimum absolute atomic E-state index is 0.232. The molecule has 3 aliphatic carbocycles. The highest BCUT2D eigenvalue weighted by Crippen LogP contribution is 2.64. The molecule has 4 heteroatoms. The number of fused-ring (bicyclic) bond motifs is 22. The molecule has 10 aromatic carbocycles. The van der Waals surface area contributed by atoms with Gasteiger partial charge in [-0.1, -0.05) is 163 Å². The third-order valence-electron chi connectivity index (χ3n) is 17.4. The fourth-order valence-electron chi connectivity index (χ4n) is 14.0. The van der Waals surface area contributed by atoms with E-state index >= 15 is 0 Å². The molecule has 3 aromatic heterocycles. The maximum absolute atomic E-state index is 7.08. The van der Waals surface area contributed by atoms with Crippen molar-refractivity contribution in [3.05, 3.63) is 221 Å². The van der Waals surface area contributed by atoms with Gasteiger partial charge in [-0.25, -0.2) is 0 Å². The SMILES string of the molecule is CC1(C)c2cc(N(c3ccc4c(c3)C(C)(C)c3c5c(c6c(oc7ccccc76)c3-4)-c3ccccc3C5(C)C)c3ccc4oc5ccccc5c4c3)ccc2-c2c1cc(-c1ccccc1)c1oc3ccccc3c21. The van der Waals surface area contributed by atoms with Crippen molar-refractivity contribution in [2.75, 3.05) is 4.90 Å². The Morgan fingerprint density at radius 1 is 0.315 bits per heavy atom. The molecule has 0 N–H and O–H groups in total. The van der Waals surface area contributed by atoms with E-state index in [1.54, 1.807) is 0 Å². The molecule has 16 rings (SSSR count). The lowest BCUT2D eigenvalue weighted by molar-refractivity contribution is 0.600.